The molecule has 7 nitrogen and oxygen atoms in total. The van der Waals surface area contributed by atoms with Crippen LogP contribution in [-0.2, 0) is 27.2 Å². The van der Waals surface area contributed by atoms with Crippen molar-refractivity contribution in [2.45, 2.75) is 38.8 Å². The summed E-state index contributed by atoms with van der Waals surface area (Å²) in [6.45, 7) is 3.28. The Balaban J connectivity index is 1.43. The predicted molar refractivity (Wildman–Crippen MR) is 170 cm³/mol. The van der Waals surface area contributed by atoms with Crippen LogP contribution in [0.2, 0.25) is 5.02 Å². The average Bonchev–Trinajstić information content (AvgIpc) is 3.29. The summed E-state index contributed by atoms with van der Waals surface area (Å²) in [6.07, 6.45) is 0.459. The smallest absolute Gasteiger partial charge is 0.326 e. The van der Waals surface area contributed by atoms with Gasteiger partial charge in [0, 0.05) is 12.1 Å². The number of anilines is 1. The van der Waals surface area contributed by atoms with Gasteiger partial charge in [0.1, 0.15) is 11.8 Å². The molecular formula is C36H33ClN2O5. The maximum Gasteiger partial charge on any atom is 0.326 e. The summed E-state index contributed by atoms with van der Waals surface area (Å²) in [5.74, 6) is -3.03. The number of Topliss-reactive ketones (excluding diaryl/α,β-unsaturated/α-hetero) is 1. The van der Waals surface area contributed by atoms with E-state index in [4.69, 9.17) is 11.6 Å². The number of carboxylic acid groups (broad SMARTS) is 1. The van der Waals surface area contributed by atoms with E-state index in [-0.39, 0.29) is 28.7 Å². The van der Waals surface area contributed by atoms with E-state index in [9.17, 15) is 24.3 Å². The molecule has 0 radical (unpaired) electrons. The van der Waals surface area contributed by atoms with Gasteiger partial charge in [-0.2, -0.15) is 0 Å². The number of benzene rings is 4. The Kier molecular flexibility index (Phi) is 9.26. The van der Waals surface area contributed by atoms with Crippen LogP contribution in [0.4, 0.5) is 5.69 Å². The molecule has 2 amide bonds. The summed E-state index contributed by atoms with van der Waals surface area (Å²) in [6, 6.07) is 29.6. The number of carbonyl (C=O) groups is 4. The first-order valence-electron chi connectivity index (χ1n) is 14.5. The molecule has 0 saturated carbocycles. The highest BCUT2D eigenvalue weighted by molar-refractivity contribution is 6.34. The van der Waals surface area contributed by atoms with E-state index < -0.39 is 35.8 Å². The van der Waals surface area contributed by atoms with Gasteiger partial charge >= 0.3 is 5.97 Å². The molecule has 4 unspecified atom stereocenters. The summed E-state index contributed by atoms with van der Waals surface area (Å²) in [4.78, 5) is 54.0. The second kappa shape index (κ2) is 13.3. The number of ketones is 1. The molecular weight excluding hydrogens is 576 g/mol. The largest absolute Gasteiger partial charge is 0.480 e. The molecule has 0 spiro atoms. The van der Waals surface area contributed by atoms with Crippen LogP contribution in [0, 0.1) is 18.8 Å². The van der Waals surface area contributed by atoms with E-state index >= 15 is 0 Å². The first-order valence-corrected chi connectivity index (χ1v) is 14.8. The Hall–Kier alpha value is -4.75. The fourth-order valence-electron chi connectivity index (χ4n) is 6.11. The average molecular weight is 609 g/mol. The van der Waals surface area contributed by atoms with Gasteiger partial charge in [-0.1, -0.05) is 96.5 Å². The van der Waals surface area contributed by atoms with Gasteiger partial charge in [0.05, 0.1) is 28.5 Å². The zero-order chi connectivity index (χ0) is 31.4. The number of carboxylic acids is 1. The number of halogens is 1. The van der Waals surface area contributed by atoms with Crippen molar-refractivity contribution in [2.24, 2.45) is 11.8 Å². The summed E-state index contributed by atoms with van der Waals surface area (Å²) >= 11 is 6.22. The lowest BCUT2D eigenvalue weighted by Gasteiger charge is -2.28. The van der Waals surface area contributed by atoms with Gasteiger partial charge in [-0.3, -0.25) is 14.4 Å². The third-order valence-corrected chi connectivity index (χ3v) is 8.54. The predicted octanol–water partition coefficient (Wildman–Crippen LogP) is 6.23. The molecule has 8 heteroatoms. The first-order chi connectivity index (χ1) is 21.2. The molecule has 0 bridgehead atoms. The summed E-state index contributed by atoms with van der Waals surface area (Å²) in [5, 5.41) is 12.7. The van der Waals surface area contributed by atoms with Crippen molar-refractivity contribution in [3.8, 4) is 0 Å². The van der Waals surface area contributed by atoms with Crippen LogP contribution in [0.3, 0.4) is 0 Å². The van der Waals surface area contributed by atoms with Crippen LogP contribution in [-0.4, -0.2) is 34.7 Å². The number of carbonyl (C=O) groups excluding carboxylic acids is 3. The van der Waals surface area contributed by atoms with Crippen molar-refractivity contribution in [3.05, 3.63) is 136 Å². The van der Waals surface area contributed by atoms with Gasteiger partial charge in [0.15, 0.2) is 0 Å². The monoisotopic (exact) mass is 608 g/mol. The van der Waals surface area contributed by atoms with E-state index in [1.165, 1.54) is 0 Å². The Morgan fingerprint density at radius 2 is 1.50 bits per heavy atom. The number of aliphatic carboxylic acids is 1. The molecule has 1 heterocycles. The Morgan fingerprint density at radius 1 is 0.864 bits per heavy atom. The fraction of sp³-hybridized carbons (Fsp3) is 0.222. The number of nitrogens with zero attached hydrogens (tertiary/aromatic N) is 1. The Bertz CT molecular complexity index is 1650. The van der Waals surface area contributed by atoms with Crippen molar-refractivity contribution in [2.75, 3.05) is 4.90 Å². The summed E-state index contributed by atoms with van der Waals surface area (Å²) < 4.78 is 0. The van der Waals surface area contributed by atoms with Crippen molar-refractivity contribution in [1.82, 2.24) is 5.32 Å². The maximum atomic E-state index is 14.1. The van der Waals surface area contributed by atoms with E-state index in [0.29, 0.717) is 23.2 Å². The first kappa shape index (κ1) is 30.7. The highest BCUT2D eigenvalue weighted by atomic mass is 35.5. The second-order valence-electron chi connectivity index (χ2n) is 11.2. The zero-order valence-electron chi connectivity index (χ0n) is 24.4. The molecule has 44 heavy (non-hydrogen) atoms. The number of rotatable bonds is 10. The number of hydrogen-bond acceptors (Lipinski definition) is 4. The van der Waals surface area contributed by atoms with Crippen LogP contribution in [0.1, 0.15) is 45.6 Å². The molecule has 4 atom stereocenters. The van der Waals surface area contributed by atoms with Gasteiger partial charge in [-0.15, -0.1) is 0 Å². The molecule has 1 fully saturated rings. The van der Waals surface area contributed by atoms with Crippen molar-refractivity contribution in [1.29, 1.82) is 0 Å². The van der Waals surface area contributed by atoms with Gasteiger partial charge in [0.25, 0.3) is 5.91 Å². The fourth-order valence-corrected chi connectivity index (χ4v) is 6.42. The van der Waals surface area contributed by atoms with E-state index in [0.717, 1.165) is 11.1 Å². The highest BCUT2D eigenvalue weighted by Crippen LogP contribution is 2.46. The third kappa shape index (κ3) is 6.43. The molecule has 4 aromatic carbocycles. The van der Waals surface area contributed by atoms with Gasteiger partial charge in [0.2, 0.25) is 5.91 Å². The van der Waals surface area contributed by atoms with Crippen LogP contribution in [0.5, 0.6) is 0 Å². The number of aryl methyl sites for hydroxylation is 1. The minimum absolute atomic E-state index is 0.0214. The third-order valence-electron chi connectivity index (χ3n) is 8.22. The van der Waals surface area contributed by atoms with Crippen molar-refractivity contribution < 1.29 is 24.3 Å². The van der Waals surface area contributed by atoms with Crippen molar-refractivity contribution >= 4 is 40.9 Å². The normalized spacial score (nSPS) is 18.6. The van der Waals surface area contributed by atoms with Crippen LogP contribution in [0.25, 0.3) is 0 Å². The number of nitrogens with one attached hydrogen (secondary N) is 1. The Morgan fingerprint density at radius 3 is 2.09 bits per heavy atom. The van der Waals surface area contributed by atoms with E-state index in [2.05, 4.69) is 5.32 Å². The molecule has 4 aromatic rings. The Labute approximate surface area is 261 Å². The molecule has 0 aromatic heterocycles. The lowest BCUT2D eigenvalue weighted by atomic mass is 9.81. The molecule has 1 aliphatic heterocycles. The number of hydrogen-bond donors (Lipinski definition) is 2. The standard InChI is InChI=1S/C36H33ClN2O5/c1-22-10-9-15-29(37)31(22)34(41)38-30(36(43)44)21-25-16-18-27(19-17-25)39-33(26-13-7-4-8-14-26)32(23(2)40)28(35(39)42)20-24-11-5-3-6-12-24/h3-19,28,30,32-33H,20-21H2,1-2H3,(H,38,41)(H,43,44). The van der Waals surface area contributed by atoms with E-state index in [1.54, 1.807) is 61.2 Å². The second-order valence-corrected chi connectivity index (χ2v) is 11.6. The molecule has 1 aliphatic rings. The highest BCUT2D eigenvalue weighted by Gasteiger charge is 2.51. The molecule has 1 saturated heterocycles. The van der Waals surface area contributed by atoms with Gasteiger partial charge in [-0.05, 0) is 60.7 Å². The van der Waals surface area contributed by atoms with Crippen LogP contribution >= 0.6 is 11.6 Å². The quantitative estimate of drug-likeness (QED) is 0.222. The molecule has 224 valence electrons. The molecule has 0 aliphatic carbocycles. The summed E-state index contributed by atoms with van der Waals surface area (Å²) in [5.41, 5.74) is 3.99. The SMILES string of the molecule is CC(=O)C1C(Cc2ccccc2)C(=O)N(c2ccc(CC(NC(=O)c3c(C)cccc3Cl)C(=O)O)cc2)C1c1ccccc1. The number of amides is 2. The maximum absolute atomic E-state index is 14.1. The summed E-state index contributed by atoms with van der Waals surface area (Å²) in [7, 11) is 0. The minimum atomic E-state index is -1.20. The van der Waals surface area contributed by atoms with Gasteiger partial charge < -0.3 is 15.3 Å². The van der Waals surface area contributed by atoms with E-state index in [1.807, 2.05) is 60.7 Å². The lowest BCUT2D eigenvalue weighted by molar-refractivity contribution is -0.139. The minimum Gasteiger partial charge on any atom is -0.480 e. The van der Waals surface area contributed by atoms with Crippen molar-refractivity contribution in [3.63, 3.8) is 0 Å². The van der Waals surface area contributed by atoms with Crippen LogP contribution in [0.15, 0.2) is 103 Å². The zero-order valence-corrected chi connectivity index (χ0v) is 25.2. The van der Waals surface area contributed by atoms with Crippen LogP contribution < -0.4 is 10.2 Å². The van der Waals surface area contributed by atoms with Gasteiger partial charge in [-0.25, -0.2) is 4.79 Å². The molecule has 2 N–H and O–H groups in total. The lowest BCUT2D eigenvalue weighted by Crippen LogP contribution is -2.42. The molecule has 5 rings (SSSR count). The topological polar surface area (TPSA) is 104 Å².